The van der Waals surface area contributed by atoms with Gasteiger partial charge in [0.2, 0.25) is 0 Å². The monoisotopic (exact) mass is 766 g/mol. The maximum atomic E-state index is 14.7. The number of rotatable bonds is 13. The zero-order valence-electron chi connectivity index (χ0n) is 26.1. The molecule has 0 saturated heterocycles. The fourth-order valence-corrected chi connectivity index (χ4v) is 6.69. The van der Waals surface area contributed by atoms with Gasteiger partial charge in [-0.2, -0.15) is 83.4 Å². The summed E-state index contributed by atoms with van der Waals surface area (Å²) in [6.07, 6.45) is 2.19. The Kier molecular flexibility index (Phi) is 11.6. The third-order valence-electron chi connectivity index (χ3n) is 10.2. The molecule has 0 spiro atoms. The maximum Gasteiger partial charge on any atom is 0.460 e. The van der Waals surface area contributed by atoms with Gasteiger partial charge in [0.05, 0.1) is 0 Å². The lowest BCUT2D eigenvalue weighted by molar-refractivity contribution is -0.469. The Bertz CT molecular complexity index is 1270. The Morgan fingerprint density at radius 2 is 0.740 bits per heavy atom. The van der Waals surface area contributed by atoms with Gasteiger partial charge >= 0.3 is 53.6 Å². The van der Waals surface area contributed by atoms with Crippen molar-refractivity contribution in [3.05, 3.63) is 35.4 Å². The molecule has 2 fully saturated rings. The van der Waals surface area contributed by atoms with Crippen molar-refractivity contribution in [1.29, 1.82) is 0 Å². The molecule has 0 radical (unpaired) electrons. The molecular weight excluding hydrogens is 733 g/mol. The standard InChI is InChI=1S/C31H33F19/c1-2-17-3-5-18(6-4-17)7-8-19-9-11-20(12-10-19)21-13-15-22(16-14-21)23(32,33)24(34,35)25(36,37)26(38,39)27(40,41)28(42,43)29(44,45)30(46,47)31(48,49)50/h13-20H,2-12H2,1H3. The second-order valence-electron chi connectivity index (χ2n) is 13.3. The molecule has 0 unspecified atom stereocenters. The van der Waals surface area contributed by atoms with Gasteiger partial charge in [0.15, 0.2) is 0 Å². The molecular formula is C31H33F19. The van der Waals surface area contributed by atoms with Crippen molar-refractivity contribution in [3.63, 3.8) is 0 Å². The molecule has 0 aliphatic heterocycles. The maximum absolute atomic E-state index is 14.7. The molecule has 50 heavy (non-hydrogen) atoms. The Balaban J connectivity index is 1.77. The van der Waals surface area contributed by atoms with Crippen LogP contribution in [0.5, 0.6) is 0 Å². The van der Waals surface area contributed by atoms with Crippen LogP contribution in [0.3, 0.4) is 0 Å². The summed E-state index contributed by atoms with van der Waals surface area (Å²) in [5.41, 5.74) is -2.04. The largest absolute Gasteiger partial charge is 0.460 e. The summed E-state index contributed by atoms with van der Waals surface area (Å²) >= 11 is 0. The van der Waals surface area contributed by atoms with Crippen molar-refractivity contribution in [2.75, 3.05) is 0 Å². The molecule has 1 aromatic carbocycles. The molecule has 2 saturated carbocycles. The van der Waals surface area contributed by atoms with Crippen LogP contribution in [0, 0.1) is 17.8 Å². The molecule has 0 N–H and O–H groups in total. The van der Waals surface area contributed by atoms with Crippen LogP contribution in [0.15, 0.2) is 24.3 Å². The minimum absolute atomic E-state index is 0.0287. The SMILES string of the molecule is CCC1CCC(CCC2CCC(c3ccc(C(F)(F)C(F)(F)C(F)(F)C(F)(F)C(F)(F)C(F)(F)C(F)(F)C(F)(F)C(F)(F)F)cc3)CC2)CC1. The molecule has 0 heterocycles. The third-order valence-corrected chi connectivity index (χ3v) is 10.2. The van der Waals surface area contributed by atoms with Crippen molar-refractivity contribution < 1.29 is 83.4 Å². The van der Waals surface area contributed by atoms with Crippen molar-refractivity contribution in [2.45, 2.75) is 137 Å². The highest BCUT2D eigenvalue weighted by molar-refractivity contribution is 5.31. The summed E-state index contributed by atoms with van der Waals surface area (Å²) in [7, 11) is 0. The van der Waals surface area contributed by atoms with Gasteiger partial charge in [-0.15, -0.1) is 0 Å². The first-order chi connectivity index (χ1) is 22.5. The fourth-order valence-electron chi connectivity index (χ4n) is 6.69. The van der Waals surface area contributed by atoms with Crippen LogP contribution in [0.25, 0.3) is 0 Å². The summed E-state index contributed by atoms with van der Waals surface area (Å²) in [6, 6.07) is 1.49. The van der Waals surface area contributed by atoms with E-state index in [4.69, 9.17) is 0 Å². The quantitative estimate of drug-likeness (QED) is 0.175. The lowest BCUT2D eigenvalue weighted by Gasteiger charge is -2.43. The van der Waals surface area contributed by atoms with E-state index in [1.54, 1.807) is 0 Å². The molecule has 2 aliphatic rings. The first-order valence-electron chi connectivity index (χ1n) is 15.6. The smallest absolute Gasteiger partial charge is 0.194 e. The minimum Gasteiger partial charge on any atom is -0.194 e. The Morgan fingerprint density at radius 3 is 1.10 bits per heavy atom. The molecule has 290 valence electrons. The van der Waals surface area contributed by atoms with Gasteiger partial charge in [0.25, 0.3) is 0 Å². The normalized spacial score (nSPS) is 24.4. The number of hydrogen-bond acceptors (Lipinski definition) is 0. The minimum atomic E-state index is -8.92. The van der Waals surface area contributed by atoms with Crippen LogP contribution in [0.2, 0.25) is 0 Å². The number of benzene rings is 1. The van der Waals surface area contributed by atoms with E-state index in [1.807, 2.05) is 0 Å². The number of alkyl halides is 19. The molecule has 0 nitrogen and oxygen atoms in total. The summed E-state index contributed by atoms with van der Waals surface area (Å²) in [5, 5.41) is 0. The van der Waals surface area contributed by atoms with Crippen molar-refractivity contribution in [3.8, 4) is 0 Å². The van der Waals surface area contributed by atoms with Crippen molar-refractivity contribution >= 4 is 0 Å². The van der Waals surface area contributed by atoms with Crippen LogP contribution < -0.4 is 0 Å². The topological polar surface area (TPSA) is 0 Å². The van der Waals surface area contributed by atoms with E-state index in [0.717, 1.165) is 50.2 Å². The van der Waals surface area contributed by atoms with E-state index in [1.165, 1.54) is 12.8 Å². The van der Waals surface area contributed by atoms with E-state index < -0.39 is 59.1 Å². The average molecular weight is 767 g/mol. The molecule has 19 heteroatoms. The lowest BCUT2D eigenvalue weighted by Crippen LogP contribution is -2.75. The summed E-state index contributed by atoms with van der Waals surface area (Å²) in [6.45, 7) is 2.15. The van der Waals surface area contributed by atoms with Gasteiger partial charge in [-0.05, 0) is 54.9 Å². The number of hydrogen-bond donors (Lipinski definition) is 0. The van der Waals surface area contributed by atoms with Crippen LogP contribution >= 0.6 is 0 Å². The average Bonchev–Trinajstić information content (AvgIpc) is 3.03. The van der Waals surface area contributed by atoms with Crippen LogP contribution in [0.1, 0.15) is 94.6 Å². The van der Waals surface area contributed by atoms with Crippen LogP contribution in [-0.4, -0.2) is 47.6 Å². The van der Waals surface area contributed by atoms with Gasteiger partial charge in [-0.3, -0.25) is 0 Å². The van der Waals surface area contributed by atoms with Crippen molar-refractivity contribution in [1.82, 2.24) is 0 Å². The molecule has 2 aliphatic carbocycles. The van der Waals surface area contributed by atoms with Gasteiger partial charge in [-0.1, -0.05) is 76.1 Å². The second-order valence-corrected chi connectivity index (χ2v) is 13.3. The van der Waals surface area contributed by atoms with Crippen LogP contribution in [-0.2, 0) is 5.92 Å². The molecule has 0 bridgehead atoms. The van der Waals surface area contributed by atoms with Crippen molar-refractivity contribution in [2.24, 2.45) is 17.8 Å². The van der Waals surface area contributed by atoms with Gasteiger partial charge in [-0.25, -0.2) is 0 Å². The Hall–Kier alpha value is -2.11. The van der Waals surface area contributed by atoms with E-state index in [9.17, 15) is 83.4 Å². The first-order valence-corrected chi connectivity index (χ1v) is 15.6. The predicted molar refractivity (Wildman–Crippen MR) is 141 cm³/mol. The third kappa shape index (κ3) is 6.77. The molecule has 3 rings (SSSR count). The molecule has 0 atom stereocenters. The second kappa shape index (κ2) is 13.7. The predicted octanol–water partition coefficient (Wildman–Crippen LogP) is 13.1. The summed E-state index contributed by atoms with van der Waals surface area (Å²) in [5.74, 6) is -65.3. The first kappa shape index (κ1) is 42.3. The van der Waals surface area contributed by atoms with E-state index in [-0.39, 0.29) is 23.6 Å². The van der Waals surface area contributed by atoms with E-state index in [2.05, 4.69) is 6.92 Å². The number of halogens is 19. The molecule has 0 aromatic heterocycles. The van der Waals surface area contributed by atoms with E-state index in [0.29, 0.717) is 37.5 Å². The van der Waals surface area contributed by atoms with Crippen LogP contribution in [0.4, 0.5) is 83.4 Å². The Morgan fingerprint density at radius 1 is 0.420 bits per heavy atom. The highest BCUT2D eigenvalue weighted by atomic mass is 19.4. The highest BCUT2D eigenvalue weighted by Gasteiger charge is 2.96. The van der Waals surface area contributed by atoms with Gasteiger partial charge in [0.1, 0.15) is 0 Å². The highest BCUT2D eigenvalue weighted by Crippen LogP contribution is 2.66. The zero-order chi connectivity index (χ0) is 38.6. The zero-order valence-corrected chi connectivity index (χ0v) is 26.1. The Labute approximate surface area is 274 Å². The van der Waals surface area contributed by atoms with E-state index >= 15 is 0 Å². The lowest BCUT2D eigenvalue weighted by atomic mass is 9.74. The molecule has 1 aromatic rings. The summed E-state index contributed by atoms with van der Waals surface area (Å²) in [4.78, 5) is 0. The fraction of sp³-hybridized carbons (Fsp3) is 0.806. The van der Waals surface area contributed by atoms with Gasteiger partial charge in [0, 0.05) is 5.56 Å². The summed E-state index contributed by atoms with van der Waals surface area (Å²) < 4.78 is 260. The van der Waals surface area contributed by atoms with Gasteiger partial charge < -0.3 is 0 Å². The molecule has 0 amide bonds.